The number of ether oxygens (including phenoxy) is 1. The molecule has 2 aromatic rings. The van der Waals surface area contributed by atoms with E-state index < -0.39 is 11.9 Å². The predicted molar refractivity (Wildman–Crippen MR) is 87.3 cm³/mol. The lowest BCUT2D eigenvalue weighted by molar-refractivity contribution is -0.141. The van der Waals surface area contributed by atoms with E-state index in [1.165, 1.54) is 17.4 Å². The molecule has 3 rings (SSSR count). The number of carbonyl (C=O) groups excluding carboxylic acids is 1. The van der Waals surface area contributed by atoms with Crippen LogP contribution in [0.5, 0.6) is 0 Å². The number of alkyl halides is 3. The molecule has 0 spiro atoms. The number of rotatable bonds is 5. The minimum absolute atomic E-state index is 0.0358. The molecule has 1 fully saturated rings. The summed E-state index contributed by atoms with van der Waals surface area (Å²) in [7, 11) is 0. The average molecular weight is 370 g/mol. The first-order valence-electron chi connectivity index (χ1n) is 7.90. The predicted octanol–water partition coefficient (Wildman–Crippen LogP) is 3.98. The molecule has 0 bridgehead atoms. The van der Waals surface area contributed by atoms with Gasteiger partial charge in [0, 0.05) is 24.2 Å². The maximum absolute atomic E-state index is 12.8. The number of nitrogens with zero attached hydrogens (tertiary/aromatic N) is 2. The van der Waals surface area contributed by atoms with Crippen molar-refractivity contribution in [1.82, 2.24) is 9.88 Å². The lowest BCUT2D eigenvalue weighted by Crippen LogP contribution is -2.36. The number of carbonyl (C=O) groups is 1. The van der Waals surface area contributed by atoms with E-state index in [4.69, 9.17) is 4.74 Å². The third-order valence-corrected chi connectivity index (χ3v) is 4.82. The maximum Gasteiger partial charge on any atom is 0.433 e. The molecular formula is C17H17F3N2O2S. The zero-order valence-electron chi connectivity index (χ0n) is 13.3. The molecule has 1 atom stereocenters. The lowest BCUT2D eigenvalue weighted by atomic mass is 10.2. The lowest BCUT2D eigenvalue weighted by Gasteiger charge is -2.25. The first-order chi connectivity index (χ1) is 11.9. The highest BCUT2D eigenvalue weighted by molar-refractivity contribution is 7.09. The number of aromatic nitrogens is 1. The minimum Gasteiger partial charge on any atom is -0.376 e. The fraction of sp³-hybridized carbons (Fsp3) is 0.412. The summed E-state index contributed by atoms with van der Waals surface area (Å²) in [4.78, 5) is 18.8. The smallest absolute Gasteiger partial charge is 0.376 e. The van der Waals surface area contributed by atoms with Gasteiger partial charge in [-0.2, -0.15) is 13.2 Å². The van der Waals surface area contributed by atoms with Crippen molar-refractivity contribution in [1.29, 1.82) is 0 Å². The van der Waals surface area contributed by atoms with Crippen LogP contribution in [-0.2, 0) is 17.5 Å². The first kappa shape index (κ1) is 17.9. The molecule has 25 heavy (non-hydrogen) atoms. The number of hydrogen-bond donors (Lipinski definition) is 0. The van der Waals surface area contributed by atoms with Gasteiger partial charge < -0.3 is 9.64 Å². The van der Waals surface area contributed by atoms with Gasteiger partial charge in [0.25, 0.3) is 5.91 Å². The second-order valence-electron chi connectivity index (χ2n) is 5.83. The Morgan fingerprint density at radius 2 is 2.20 bits per heavy atom. The Bertz CT molecular complexity index is 696. The number of halogens is 3. The number of amides is 1. The van der Waals surface area contributed by atoms with Crippen LogP contribution in [0.25, 0.3) is 0 Å². The molecule has 2 aromatic heterocycles. The summed E-state index contributed by atoms with van der Waals surface area (Å²) in [6.45, 7) is 1.49. The molecule has 3 heterocycles. The standard InChI is InChI=1S/C17H17F3N2O2S/c18-17(19,20)15-6-5-12(9-21-15)16(23)22(10-13-3-1-7-24-13)11-14-4-2-8-25-14/h2,4-6,8-9,13H,1,3,7,10-11H2. The zero-order chi connectivity index (χ0) is 17.9. The quantitative estimate of drug-likeness (QED) is 0.799. The van der Waals surface area contributed by atoms with Crippen LogP contribution in [0.4, 0.5) is 13.2 Å². The van der Waals surface area contributed by atoms with Crippen LogP contribution in [0.2, 0.25) is 0 Å². The van der Waals surface area contributed by atoms with Crippen LogP contribution in [0, 0.1) is 0 Å². The molecular weight excluding hydrogens is 353 g/mol. The highest BCUT2D eigenvalue weighted by Gasteiger charge is 2.32. The highest BCUT2D eigenvalue weighted by Crippen LogP contribution is 2.27. The van der Waals surface area contributed by atoms with Crippen molar-refractivity contribution in [3.05, 3.63) is 52.0 Å². The Morgan fingerprint density at radius 1 is 1.36 bits per heavy atom. The van der Waals surface area contributed by atoms with E-state index in [0.29, 0.717) is 19.7 Å². The van der Waals surface area contributed by atoms with Gasteiger partial charge >= 0.3 is 6.18 Å². The Labute approximate surface area is 147 Å². The van der Waals surface area contributed by atoms with E-state index >= 15 is 0 Å². The van der Waals surface area contributed by atoms with E-state index in [2.05, 4.69) is 4.98 Å². The molecule has 134 valence electrons. The topological polar surface area (TPSA) is 42.4 Å². The van der Waals surface area contributed by atoms with Crippen molar-refractivity contribution in [3.63, 3.8) is 0 Å². The summed E-state index contributed by atoms with van der Waals surface area (Å²) in [6, 6.07) is 5.83. The van der Waals surface area contributed by atoms with Crippen LogP contribution in [-0.4, -0.2) is 35.0 Å². The molecule has 1 unspecified atom stereocenters. The van der Waals surface area contributed by atoms with Gasteiger partial charge in [-0.1, -0.05) is 6.07 Å². The Morgan fingerprint density at radius 3 is 2.76 bits per heavy atom. The Kier molecular flexibility index (Phi) is 5.39. The Balaban J connectivity index is 1.77. The summed E-state index contributed by atoms with van der Waals surface area (Å²) in [5, 5.41) is 1.92. The molecule has 0 aliphatic carbocycles. The maximum atomic E-state index is 12.8. The fourth-order valence-corrected chi connectivity index (χ4v) is 3.43. The number of pyridine rings is 1. The molecule has 4 nitrogen and oxygen atoms in total. The van der Waals surface area contributed by atoms with Gasteiger partial charge in [0.15, 0.2) is 0 Å². The van der Waals surface area contributed by atoms with Crippen LogP contribution < -0.4 is 0 Å². The first-order valence-corrected chi connectivity index (χ1v) is 8.78. The highest BCUT2D eigenvalue weighted by atomic mass is 32.1. The Hall–Kier alpha value is -1.93. The largest absolute Gasteiger partial charge is 0.433 e. The summed E-state index contributed by atoms with van der Waals surface area (Å²) < 4.78 is 43.5. The second kappa shape index (κ2) is 7.53. The van der Waals surface area contributed by atoms with Crippen molar-refractivity contribution in [3.8, 4) is 0 Å². The summed E-state index contributed by atoms with van der Waals surface area (Å²) in [5.74, 6) is -0.342. The normalized spacial score (nSPS) is 17.6. The van der Waals surface area contributed by atoms with Crippen LogP contribution >= 0.6 is 11.3 Å². The minimum atomic E-state index is -4.52. The molecule has 1 amide bonds. The molecule has 0 radical (unpaired) electrons. The van der Waals surface area contributed by atoms with Crippen molar-refractivity contribution in [2.75, 3.05) is 13.2 Å². The monoisotopic (exact) mass is 370 g/mol. The SMILES string of the molecule is O=C(c1ccc(C(F)(F)F)nc1)N(Cc1cccs1)CC1CCCO1. The number of thiophene rings is 1. The molecule has 1 aliphatic rings. The van der Waals surface area contributed by atoms with Crippen LogP contribution in [0.15, 0.2) is 35.8 Å². The van der Waals surface area contributed by atoms with Gasteiger partial charge in [-0.15, -0.1) is 11.3 Å². The van der Waals surface area contributed by atoms with Gasteiger partial charge in [0.1, 0.15) is 5.69 Å². The van der Waals surface area contributed by atoms with E-state index in [0.717, 1.165) is 30.0 Å². The van der Waals surface area contributed by atoms with Crippen molar-refractivity contribution >= 4 is 17.2 Å². The second-order valence-corrected chi connectivity index (χ2v) is 6.86. The van der Waals surface area contributed by atoms with E-state index in [1.54, 1.807) is 4.90 Å². The van der Waals surface area contributed by atoms with E-state index in [-0.39, 0.29) is 17.6 Å². The zero-order valence-corrected chi connectivity index (χ0v) is 14.1. The molecule has 0 aromatic carbocycles. The summed E-state index contributed by atoms with van der Waals surface area (Å²) >= 11 is 1.53. The molecule has 1 aliphatic heterocycles. The van der Waals surface area contributed by atoms with Crippen LogP contribution in [0.1, 0.15) is 33.8 Å². The number of hydrogen-bond acceptors (Lipinski definition) is 4. The molecule has 8 heteroatoms. The van der Waals surface area contributed by atoms with Crippen molar-refractivity contribution in [2.24, 2.45) is 0 Å². The van der Waals surface area contributed by atoms with Crippen LogP contribution in [0.3, 0.4) is 0 Å². The average Bonchev–Trinajstić information content (AvgIpc) is 3.27. The molecule has 0 N–H and O–H groups in total. The van der Waals surface area contributed by atoms with Gasteiger partial charge in [-0.25, -0.2) is 0 Å². The molecule has 0 saturated carbocycles. The van der Waals surface area contributed by atoms with Gasteiger partial charge in [-0.3, -0.25) is 9.78 Å². The van der Waals surface area contributed by atoms with Gasteiger partial charge in [0.05, 0.1) is 18.2 Å². The van der Waals surface area contributed by atoms with Gasteiger partial charge in [0.2, 0.25) is 0 Å². The third-order valence-electron chi connectivity index (χ3n) is 3.96. The summed E-state index contributed by atoms with van der Waals surface area (Å²) in [6.07, 6.45) is -1.74. The summed E-state index contributed by atoms with van der Waals surface area (Å²) in [5.41, 5.74) is -0.865. The van der Waals surface area contributed by atoms with Gasteiger partial charge in [-0.05, 0) is 36.4 Å². The molecule has 1 saturated heterocycles. The fourth-order valence-electron chi connectivity index (χ4n) is 2.71. The van der Waals surface area contributed by atoms with Crippen molar-refractivity contribution in [2.45, 2.75) is 31.7 Å². The van der Waals surface area contributed by atoms with E-state index in [9.17, 15) is 18.0 Å². The van der Waals surface area contributed by atoms with Crippen molar-refractivity contribution < 1.29 is 22.7 Å². The third kappa shape index (κ3) is 4.58. The van der Waals surface area contributed by atoms with E-state index in [1.807, 2.05) is 17.5 Å².